The van der Waals surface area contributed by atoms with Crippen LogP contribution >= 0.6 is 11.6 Å². The second kappa shape index (κ2) is 7.38. The van der Waals surface area contributed by atoms with E-state index in [1.165, 1.54) is 16.8 Å². The van der Waals surface area contributed by atoms with Crippen molar-refractivity contribution in [2.75, 3.05) is 6.61 Å². The van der Waals surface area contributed by atoms with E-state index in [2.05, 4.69) is 5.10 Å². The Labute approximate surface area is 178 Å². The molecule has 1 fully saturated rings. The van der Waals surface area contributed by atoms with Crippen LogP contribution in [0.1, 0.15) is 56.3 Å². The lowest BCUT2D eigenvalue weighted by Gasteiger charge is -2.16. The van der Waals surface area contributed by atoms with Crippen LogP contribution in [0.25, 0.3) is 11.3 Å². The molecule has 0 bridgehead atoms. The molecule has 0 unspecified atom stereocenters. The molecule has 2 heterocycles. The SMILES string of the molecule is O=C(O)c1ccc(-c2nn(C(=O)c3c(Cl)cccc3C3CC3)c3c2COCC3)cc1. The van der Waals surface area contributed by atoms with E-state index in [1.807, 2.05) is 12.1 Å². The summed E-state index contributed by atoms with van der Waals surface area (Å²) in [5.74, 6) is -0.839. The van der Waals surface area contributed by atoms with Crippen LogP contribution in [-0.2, 0) is 17.8 Å². The summed E-state index contributed by atoms with van der Waals surface area (Å²) in [6, 6.07) is 12.1. The van der Waals surface area contributed by atoms with Gasteiger partial charge in [0.15, 0.2) is 0 Å². The van der Waals surface area contributed by atoms with Crippen molar-refractivity contribution in [2.24, 2.45) is 0 Å². The molecule has 0 amide bonds. The van der Waals surface area contributed by atoms with Crippen molar-refractivity contribution in [3.63, 3.8) is 0 Å². The third-order valence-corrected chi connectivity index (χ3v) is 6.01. The van der Waals surface area contributed by atoms with Gasteiger partial charge in [-0.1, -0.05) is 35.9 Å². The summed E-state index contributed by atoms with van der Waals surface area (Å²) < 4.78 is 7.09. The van der Waals surface area contributed by atoms with Crippen molar-refractivity contribution in [1.29, 1.82) is 0 Å². The largest absolute Gasteiger partial charge is 0.478 e. The number of benzene rings is 2. The van der Waals surface area contributed by atoms with Crippen LogP contribution in [0.2, 0.25) is 5.02 Å². The topological polar surface area (TPSA) is 81.4 Å². The molecule has 30 heavy (non-hydrogen) atoms. The number of nitrogens with zero attached hydrogens (tertiary/aromatic N) is 2. The summed E-state index contributed by atoms with van der Waals surface area (Å²) in [5, 5.41) is 14.2. The van der Waals surface area contributed by atoms with Gasteiger partial charge in [0.25, 0.3) is 5.91 Å². The minimum absolute atomic E-state index is 0.199. The molecule has 2 aromatic carbocycles. The Morgan fingerprint density at radius 1 is 1.13 bits per heavy atom. The first kappa shape index (κ1) is 19.0. The predicted molar refractivity (Wildman–Crippen MR) is 111 cm³/mol. The monoisotopic (exact) mass is 422 g/mol. The first-order valence-corrected chi connectivity index (χ1v) is 10.3. The fourth-order valence-corrected chi connectivity index (χ4v) is 4.28. The number of carboxylic acid groups (broad SMARTS) is 1. The molecule has 152 valence electrons. The molecule has 7 heteroatoms. The van der Waals surface area contributed by atoms with Gasteiger partial charge in [0.1, 0.15) is 0 Å². The first-order chi connectivity index (χ1) is 14.5. The number of carbonyl (C=O) groups is 2. The lowest BCUT2D eigenvalue weighted by molar-refractivity contribution is 0.0696. The maximum absolute atomic E-state index is 13.6. The highest BCUT2D eigenvalue weighted by Gasteiger charge is 2.32. The molecular formula is C23H19ClN2O4. The van der Waals surface area contributed by atoms with Gasteiger partial charge in [-0.05, 0) is 42.5 Å². The maximum Gasteiger partial charge on any atom is 0.335 e. The summed E-state index contributed by atoms with van der Waals surface area (Å²) in [6.45, 7) is 0.873. The molecule has 2 aliphatic rings. The summed E-state index contributed by atoms with van der Waals surface area (Å²) in [4.78, 5) is 24.7. The molecule has 1 aliphatic heterocycles. The van der Waals surface area contributed by atoms with Gasteiger partial charge >= 0.3 is 5.97 Å². The van der Waals surface area contributed by atoms with Crippen molar-refractivity contribution in [2.45, 2.75) is 31.8 Å². The zero-order valence-electron chi connectivity index (χ0n) is 16.1. The predicted octanol–water partition coefficient (Wildman–Crippen LogP) is 4.54. The van der Waals surface area contributed by atoms with Crippen molar-refractivity contribution in [3.8, 4) is 11.3 Å². The minimum atomic E-state index is -0.987. The van der Waals surface area contributed by atoms with E-state index in [-0.39, 0.29) is 11.5 Å². The highest BCUT2D eigenvalue weighted by molar-refractivity contribution is 6.34. The van der Waals surface area contributed by atoms with E-state index in [0.29, 0.717) is 41.8 Å². The van der Waals surface area contributed by atoms with Crippen LogP contribution in [0.5, 0.6) is 0 Å². The molecular weight excluding hydrogens is 404 g/mol. The van der Waals surface area contributed by atoms with Crippen LogP contribution in [0.4, 0.5) is 0 Å². The number of ether oxygens (including phenoxy) is 1. The molecule has 0 atom stereocenters. The van der Waals surface area contributed by atoms with Gasteiger partial charge in [-0.3, -0.25) is 4.79 Å². The van der Waals surface area contributed by atoms with Crippen molar-refractivity contribution in [3.05, 3.63) is 75.4 Å². The quantitative estimate of drug-likeness (QED) is 0.667. The third-order valence-electron chi connectivity index (χ3n) is 5.69. The summed E-state index contributed by atoms with van der Waals surface area (Å²) in [5.41, 5.74) is 4.76. The molecule has 1 aromatic heterocycles. The highest BCUT2D eigenvalue weighted by Crippen LogP contribution is 2.43. The Kier molecular flexibility index (Phi) is 4.68. The molecule has 1 aliphatic carbocycles. The van der Waals surface area contributed by atoms with Gasteiger partial charge in [0.05, 0.1) is 40.8 Å². The number of hydrogen-bond donors (Lipinski definition) is 1. The molecule has 3 aromatic rings. The molecule has 1 saturated carbocycles. The summed E-state index contributed by atoms with van der Waals surface area (Å²) in [7, 11) is 0. The van der Waals surface area contributed by atoms with E-state index in [0.717, 1.165) is 35.2 Å². The lowest BCUT2D eigenvalue weighted by atomic mass is 10.0. The van der Waals surface area contributed by atoms with Crippen LogP contribution < -0.4 is 0 Å². The van der Waals surface area contributed by atoms with Crippen molar-refractivity contribution < 1.29 is 19.4 Å². The van der Waals surface area contributed by atoms with Gasteiger partial charge in [-0.15, -0.1) is 0 Å². The van der Waals surface area contributed by atoms with E-state index in [1.54, 1.807) is 18.2 Å². The molecule has 0 saturated heterocycles. The van der Waals surface area contributed by atoms with E-state index in [4.69, 9.17) is 21.4 Å². The second-order valence-corrected chi connectivity index (χ2v) is 8.06. The molecule has 6 nitrogen and oxygen atoms in total. The highest BCUT2D eigenvalue weighted by atomic mass is 35.5. The number of carbonyl (C=O) groups excluding carboxylic acids is 1. The Hall–Kier alpha value is -2.96. The minimum Gasteiger partial charge on any atom is -0.478 e. The number of aromatic carboxylic acids is 1. The number of fused-ring (bicyclic) bond motifs is 1. The number of hydrogen-bond acceptors (Lipinski definition) is 4. The Bertz CT molecular complexity index is 1160. The molecule has 1 N–H and O–H groups in total. The smallest absolute Gasteiger partial charge is 0.335 e. The Balaban J connectivity index is 1.62. The average molecular weight is 423 g/mol. The second-order valence-electron chi connectivity index (χ2n) is 7.65. The van der Waals surface area contributed by atoms with Gasteiger partial charge < -0.3 is 9.84 Å². The number of halogens is 1. The van der Waals surface area contributed by atoms with Gasteiger partial charge in [-0.25, -0.2) is 4.79 Å². The van der Waals surface area contributed by atoms with Crippen molar-refractivity contribution in [1.82, 2.24) is 9.78 Å². The summed E-state index contributed by atoms with van der Waals surface area (Å²) >= 11 is 6.46. The van der Waals surface area contributed by atoms with Crippen LogP contribution in [-0.4, -0.2) is 33.4 Å². The Morgan fingerprint density at radius 2 is 1.90 bits per heavy atom. The van der Waals surface area contributed by atoms with Crippen molar-refractivity contribution >= 4 is 23.5 Å². The normalized spacial score (nSPS) is 15.6. The lowest BCUT2D eigenvalue weighted by Crippen LogP contribution is -2.21. The number of rotatable bonds is 4. The third kappa shape index (κ3) is 3.22. The molecule has 0 spiro atoms. The zero-order valence-corrected chi connectivity index (χ0v) is 16.9. The Morgan fingerprint density at radius 3 is 2.60 bits per heavy atom. The van der Waals surface area contributed by atoms with Crippen LogP contribution in [0, 0.1) is 0 Å². The number of aromatic nitrogens is 2. The van der Waals surface area contributed by atoms with E-state index in [9.17, 15) is 9.59 Å². The van der Waals surface area contributed by atoms with E-state index < -0.39 is 5.97 Å². The van der Waals surface area contributed by atoms with Gasteiger partial charge in [-0.2, -0.15) is 9.78 Å². The van der Waals surface area contributed by atoms with Crippen LogP contribution in [0.3, 0.4) is 0 Å². The van der Waals surface area contributed by atoms with Crippen LogP contribution in [0.15, 0.2) is 42.5 Å². The van der Waals surface area contributed by atoms with E-state index >= 15 is 0 Å². The zero-order chi connectivity index (χ0) is 20.8. The van der Waals surface area contributed by atoms with Gasteiger partial charge in [0, 0.05) is 17.5 Å². The summed E-state index contributed by atoms with van der Waals surface area (Å²) in [6.07, 6.45) is 2.70. The number of carboxylic acids is 1. The molecule has 5 rings (SSSR count). The fourth-order valence-electron chi connectivity index (χ4n) is 4.01. The standard InChI is InChI=1S/C23H19ClN2O4/c24-18-3-1-2-16(13-4-5-13)20(18)22(27)26-19-10-11-30-12-17(19)21(25-26)14-6-8-15(9-7-14)23(28)29/h1-3,6-9,13H,4-5,10-12H2,(H,28,29). The molecule has 0 radical (unpaired) electrons. The average Bonchev–Trinajstić information content (AvgIpc) is 3.53. The first-order valence-electron chi connectivity index (χ1n) is 9.90. The maximum atomic E-state index is 13.6. The fraction of sp³-hybridized carbons (Fsp3) is 0.261. The van der Waals surface area contributed by atoms with Gasteiger partial charge in [0.2, 0.25) is 0 Å².